The normalized spacial score (nSPS) is 20.7. The van der Waals surface area contributed by atoms with E-state index in [-0.39, 0.29) is 24.4 Å². The van der Waals surface area contributed by atoms with Crippen LogP contribution in [0.4, 0.5) is 0 Å². The summed E-state index contributed by atoms with van der Waals surface area (Å²) in [5.74, 6) is 0.674. The first-order valence-corrected chi connectivity index (χ1v) is 11.8. The minimum absolute atomic E-state index is 0.0701. The largest absolute Gasteiger partial charge is 0.356 e. The highest BCUT2D eigenvalue weighted by Gasteiger charge is 2.47. The molecule has 0 unspecified atom stereocenters. The van der Waals surface area contributed by atoms with Crippen molar-refractivity contribution < 1.29 is 9.59 Å². The summed E-state index contributed by atoms with van der Waals surface area (Å²) in [6.45, 7) is 5.16. The number of rotatable bonds is 6. The molecule has 1 N–H and O–H groups in total. The zero-order chi connectivity index (χ0) is 22.2. The van der Waals surface area contributed by atoms with Gasteiger partial charge in [-0.3, -0.25) is 9.59 Å². The molecule has 2 aliphatic rings. The van der Waals surface area contributed by atoms with Gasteiger partial charge >= 0.3 is 0 Å². The zero-order valence-corrected chi connectivity index (χ0v) is 18.9. The van der Waals surface area contributed by atoms with E-state index in [0.717, 1.165) is 30.5 Å². The first-order valence-electron chi connectivity index (χ1n) is 11.8. The van der Waals surface area contributed by atoms with Gasteiger partial charge in [0, 0.05) is 29.6 Å². The quantitative estimate of drug-likeness (QED) is 0.628. The van der Waals surface area contributed by atoms with Crippen molar-refractivity contribution in [2.45, 2.75) is 51.6 Å². The first-order chi connectivity index (χ1) is 15.5. The molecule has 2 atom stereocenters. The Balaban J connectivity index is 1.51. The van der Waals surface area contributed by atoms with Crippen molar-refractivity contribution in [2.75, 3.05) is 13.1 Å². The lowest BCUT2D eigenvalue weighted by molar-refractivity contribution is -0.160. The van der Waals surface area contributed by atoms with Crippen LogP contribution < -0.4 is 0 Å². The Kier molecular flexibility index (Phi) is 5.50. The van der Waals surface area contributed by atoms with Crippen LogP contribution in [0, 0.1) is 5.92 Å². The van der Waals surface area contributed by atoms with Gasteiger partial charge in [0.1, 0.15) is 6.04 Å². The predicted molar refractivity (Wildman–Crippen MR) is 126 cm³/mol. The number of carbonyl (C=O) groups is 2. The third kappa shape index (κ3) is 3.70. The number of amides is 2. The average Bonchev–Trinajstić information content (AvgIpc) is 3.17. The van der Waals surface area contributed by atoms with Crippen molar-refractivity contribution in [1.29, 1.82) is 0 Å². The highest BCUT2D eigenvalue weighted by atomic mass is 16.2. The van der Waals surface area contributed by atoms with Crippen LogP contribution in [-0.2, 0) is 22.4 Å². The average molecular weight is 430 g/mol. The molecule has 2 aromatic carbocycles. The molecule has 5 heteroatoms. The number of aryl methyl sites for hydroxylation is 1. The Morgan fingerprint density at radius 3 is 2.56 bits per heavy atom. The maximum absolute atomic E-state index is 13.5. The summed E-state index contributed by atoms with van der Waals surface area (Å²) in [7, 11) is 0. The van der Waals surface area contributed by atoms with E-state index in [2.05, 4.69) is 55.2 Å². The fourth-order valence-corrected chi connectivity index (χ4v) is 5.30. The summed E-state index contributed by atoms with van der Waals surface area (Å²) in [4.78, 5) is 34.2. The molecule has 32 heavy (non-hydrogen) atoms. The lowest BCUT2D eigenvalue weighted by Gasteiger charge is -2.47. The fourth-order valence-electron chi connectivity index (χ4n) is 5.30. The lowest BCUT2D eigenvalue weighted by Crippen LogP contribution is -2.63. The highest BCUT2D eigenvalue weighted by Crippen LogP contribution is 2.41. The topological polar surface area (TPSA) is 56.4 Å². The molecule has 1 aromatic heterocycles. The van der Waals surface area contributed by atoms with Gasteiger partial charge in [-0.05, 0) is 42.4 Å². The summed E-state index contributed by atoms with van der Waals surface area (Å²) in [5.41, 5.74) is 4.64. The Hall–Kier alpha value is -3.08. The molecule has 1 saturated heterocycles. The number of aromatic nitrogens is 1. The molecule has 2 amide bonds. The third-order valence-corrected chi connectivity index (χ3v) is 6.99. The van der Waals surface area contributed by atoms with Gasteiger partial charge in [-0.25, -0.2) is 0 Å². The van der Waals surface area contributed by atoms with Crippen molar-refractivity contribution >= 4 is 22.7 Å². The Morgan fingerprint density at radius 1 is 1.03 bits per heavy atom. The fraction of sp³-hybridized carbons (Fsp3) is 0.407. The molecule has 2 aliphatic heterocycles. The first kappa shape index (κ1) is 20.8. The zero-order valence-electron chi connectivity index (χ0n) is 18.9. The molecule has 5 nitrogen and oxygen atoms in total. The molecule has 0 radical (unpaired) electrons. The second-order valence-electron chi connectivity index (χ2n) is 9.57. The number of hydrogen-bond donors (Lipinski definition) is 1. The van der Waals surface area contributed by atoms with Crippen LogP contribution in [0.25, 0.3) is 10.9 Å². The van der Waals surface area contributed by atoms with Gasteiger partial charge in [0.05, 0.1) is 12.6 Å². The van der Waals surface area contributed by atoms with Crippen LogP contribution in [0.15, 0.2) is 54.6 Å². The molecule has 1 fully saturated rings. The molecule has 0 saturated carbocycles. The van der Waals surface area contributed by atoms with Gasteiger partial charge < -0.3 is 14.8 Å². The molecule has 166 valence electrons. The number of carbonyl (C=O) groups excluding carboxylic acids is 2. The number of nitrogens with one attached hydrogen (secondary N) is 1. The molecule has 5 rings (SSSR count). The summed E-state index contributed by atoms with van der Waals surface area (Å²) in [5, 5.41) is 1.17. The molecule has 3 aromatic rings. The third-order valence-electron chi connectivity index (χ3n) is 6.99. The molecular formula is C27H31N3O2. The number of para-hydroxylation sites is 1. The van der Waals surface area contributed by atoms with Crippen LogP contribution in [0.5, 0.6) is 0 Å². The Labute approximate surface area is 189 Å². The SMILES string of the molecule is CC(C)CCN1CC(=O)N2[C@H](CCc3ccccc3)c3[nH]c4ccccc4c3C[C@H]2C1=O. The number of benzene rings is 2. The Morgan fingerprint density at radius 2 is 1.78 bits per heavy atom. The second-order valence-corrected chi connectivity index (χ2v) is 9.57. The second kappa shape index (κ2) is 8.45. The van der Waals surface area contributed by atoms with E-state index >= 15 is 0 Å². The van der Waals surface area contributed by atoms with Crippen LogP contribution in [0.3, 0.4) is 0 Å². The molecule has 0 aliphatic carbocycles. The number of aromatic amines is 1. The van der Waals surface area contributed by atoms with E-state index in [1.54, 1.807) is 4.90 Å². The summed E-state index contributed by atoms with van der Waals surface area (Å²) >= 11 is 0. The number of piperazine rings is 1. The molecular weight excluding hydrogens is 398 g/mol. The van der Waals surface area contributed by atoms with Crippen molar-refractivity contribution in [2.24, 2.45) is 5.92 Å². The lowest BCUT2D eigenvalue weighted by atomic mass is 9.86. The van der Waals surface area contributed by atoms with Crippen molar-refractivity contribution in [3.05, 3.63) is 71.4 Å². The van der Waals surface area contributed by atoms with E-state index in [4.69, 9.17) is 0 Å². The molecule has 0 bridgehead atoms. The maximum Gasteiger partial charge on any atom is 0.246 e. The highest BCUT2D eigenvalue weighted by molar-refractivity contribution is 5.97. The number of fused-ring (bicyclic) bond motifs is 4. The molecule has 0 spiro atoms. The molecule has 3 heterocycles. The predicted octanol–water partition coefficient (Wildman–Crippen LogP) is 4.48. The van der Waals surface area contributed by atoms with E-state index in [1.165, 1.54) is 16.5 Å². The van der Waals surface area contributed by atoms with Gasteiger partial charge in [0.25, 0.3) is 0 Å². The minimum Gasteiger partial charge on any atom is -0.356 e. The number of nitrogens with zero attached hydrogens (tertiary/aromatic N) is 2. The standard InChI is InChI=1S/C27H31N3O2/c1-18(2)14-15-29-17-25(31)30-23(13-12-19-8-4-3-5-9-19)26-21(16-24(30)27(29)32)20-10-6-7-11-22(20)28-26/h3-11,18,23-24,28H,12-17H2,1-2H3/t23-,24+/m1/s1. The van der Waals surface area contributed by atoms with Crippen LogP contribution in [-0.4, -0.2) is 45.7 Å². The van der Waals surface area contributed by atoms with E-state index < -0.39 is 6.04 Å². The van der Waals surface area contributed by atoms with Crippen LogP contribution in [0.2, 0.25) is 0 Å². The van der Waals surface area contributed by atoms with Crippen molar-refractivity contribution in [1.82, 2.24) is 14.8 Å². The van der Waals surface area contributed by atoms with Gasteiger partial charge in [-0.1, -0.05) is 62.4 Å². The Bertz CT molecular complexity index is 1130. The van der Waals surface area contributed by atoms with Gasteiger partial charge in [0.15, 0.2) is 0 Å². The maximum atomic E-state index is 13.5. The minimum atomic E-state index is -0.407. The summed E-state index contributed by atoms with van der Waals surface area (Å²) < 4.78 is 0. The van der Waals surface area contributed by atoms with E-state index in [0.29, 0.717) is 18.9 Å². The number of H-pyrrole nitrogens is 1. The van der Waals surface area contributed by atoms with E-state index in [1.807, 2.05) is 23.1 Å². The van der Waals surface area contributed by atoms with Crippen LogP contribution >= 0.6 is 0 Å². The van der Waals surface area contributed by atoms with Gasteiger partial charge in [-0.2, -0.15) is 0 Å². The summed E-state index contributed by atoms with van der Waals surface area (Å²) in [6, 6.07) is 18.1. The van der Waals surface area contributed by atoms with Gasteiger partial charge in [0.2, 0.25) is 11.8 Å². The van der Waals surface area contributed by atoms with Crippen molar-refractivity contribution in [3.8, 4) is 0 Å². The van der Waals surface area contributed by atoms with Crippen molar-refractivity contribution in [3.63, 3.8) is 0 Å². The monoisotopic (exact) mass is 429 g/mol. The van der Waals surface area contributed by atoms with E-state index in [9.17, 15) is 9.59 Å². The van der Waals surface area contributed by atoms with Gasteiger partial charge in [-0.15, -0.1) is 0 Å². The summed E-state index contributed by atoms with van der Waals surface area (Å²) in [6.07, 6.45) is 3.17. The smallest absolute Gasteiger partial charge is 0.246 e. The van der Waals surface area contributed by atoms with Crippen LogP contribution in [0.1, 0.15) is 49.6 Å². The number of hydrogen-bond acceptors (Lipinski definition) is 2.